The number of carbonyl (C=O) groups excluding carboxylic acids is 1. The molecule has 3 heteroatoms. The summed E-state index contributed by atoms with van der Waals surface area (Å²) in [7, 11) is 0. The number of ketones is 1. The highest BCUT2D eigenvalue weighted by atomic mass is 79.9. The molecule has 0 aliphatic heterocycles. The zero-order chi connectivity index (χ0) is 12.4. The standard InChI is InChI=1S/C14H18BrNO/c1-9-3-2-4-10(7-9)14(17)12-6-5-11(15)8-13(12)16/h5-6,8-10H,2-4,7,16H2,1H3. The fourth-order valence-electron chi connectivity index (χ4n) is 2.65. The minimum Gasteiger partial charge on any atom is -0.398 e. The molecule has 17 heavy (non-hydrogen) atoms. The van der Waals surface area contributed by atoms with Gasteiger partial charge in [0.2, 0.25) is 0 Å². The summed E-state index contributed by atoms with van der Waals surface area (Å²) in [5, 5.41) is 0. The summed E-state index contributed by atoms with van der Waals surface area (Å²) < 4.78 is 0.920. The van der Waals surface area contributed by atoms with Crippen LogP contribution in [0.25, 0.3) is 0 Å². The summed E-state index contributed by atoms with van der Waals surface area (Å²) in [4.78, 5) is 12.4. The van der Waals surface area contributed by atoms with Crippen LogP contribution in [0.2, 0.25) is 0 Å². The average molecular weight is 296 g/mol. The molecule has 0 radical (unpaired) electrons. The molecule has 0 spiro atoms. The molecule has 1 aromatic rings. The summed E-state index contributed by atoms with van der Waals surface area (Å²) in [6.07, 6.45) is 4.43. The third-order valence-corrected chi connectivity index (χ3v) is 4.08. The van der Waals surface area contributed by atoms with Crippen molar-refractivity contribution >= 4 is 27.4 Å². The van der Waals surface area contributed by atoms with Crippen molar-refractivity contribution in [1.82, 2.24) is 0 Å². The van der Waals surface area contributed by atoms with E-state index < -0.39 is 0 Å². The van der Waals surface area contributed by atoms with E-state index in [1.165, 1.54) is 6.42 Å². The summed E-state index contributed by atoms with van der Waals surface area (Å²) >= 11 is 3.36. The van der Waals surface area contributed by atoms with Crippen molar-refractivity contribution in [2.75, 3.05) is 5.73 Å². The largest absolute Gasteiger partial charge is 0.398 e. The second-order valence-electron chi connectivity index (χ2n) is 5.06. The predicted octanol–water partition coefficient (Wildman–Crippen LogP) is 4.04. The number of halogens is 1. The molecule has 0 bridgehead atoms. The van der Waals surface area contributed by atoms with E-state index in [4.69, 9.17) is 5.73 Å². The normalized spacial score (nSPS) is 24.6. The molecular weight excluding hydrogens is 278 g/mol. The van der Waals surface area contributed by atoms with Gasteiger partial charge in [-0.05, 0) is 37.0 Å². The van der Waals surface area contributed by atoms with Gasteiger partial charge in [-0.1, -0.05) is 35.7 Å². The summed E-state index contributed by atoms with van der Waals surface area (Å²) in [6, 6.07) is 5.52. The van der Waals surface area contributed by atoms with Crippen LogP contribution >= 0.6 is 15.9 Å². The van der Waals surface area contributed by atoms with Crippen LogP contribution in [0.1, 0.15) is 43.0 Å². The highest BCUT2D eigenvalue weighted by molar-refractivity contribution is 9.10. The molecule has 2 atom stereocenters. The van der Waals surface area contributed by atoms with Crippen LogP contribution in [0.4, 0.5) is 5.69 Å². The number of hydrogen-bond donors (Lipinski definition) is 1. The summed E-state index contributed by atoms with van der Waals surface area (Å²) in [6.45, 7) is 2.23. The highest BCUT2D eigenvalue weighted by Crippen LogP contribution is 2.32. The Morgan fingerprint density at radius 2 is 2.18 bits per heavy atom. The first kappa shape index (κ1) is 12.6. The van der Waals surface area contributed by atoms with Gasteiger partial charge < -0.3 is 5.73 Å². The molecule has 2 unspecified atom stereocenters. The zero-order valence-corrected chi connectivity index (χ0v) is 11.7. The predicted molar refractivity (Wildman–Crippen MR) is 74.0 cm³/mol. The van der Waals surface area contributed by atoms with Gasteiger partial charge in [0.15, 0.2) is 5.78 Å². The van der Waals surface area contributed by atoms with Gasteiger partial charge in [0.05, 0.1) is 0 Å². The third kappa shape index (κ3) is 2.89. The SMILES string of the molecule is CC1CCCC(C(=O)c2ccc(Br)cc2N)C1. The second-order valence-corrected chi connectivity index (χ2v) is 5.98. The van der Waals surface area contributed by atoms with E-state index in [2.05, 4.69) is 22.9 Å². The molecule has 1 aliphatic carbocycles. The van der Waals surface area contributed by atoms with Crippen LogP contribution in [0.3, 0.4) is 0 Å². The van der Waals surface area contributed by atoms with Gasteiger partial charge in [-0.25, -0.2) is 0 Å². The molecule has 0 aromatic heterocycles. The van der Waals surface area contributed by atoms with E-state index in [9.17, 15) is 4.79 Å². The van der Waals surface area contributed by atoms with E-state index in [0.717, 1.165) is 23.7 Å². The van der Waals surface area contributed by atoms with Crippen LogP contribution in [0.15, 0.2) is 22.7 Å². The Bertz CT molecular complexity index is 430. The lowest BCUT2D eigenvalue weighted by molar-refractivity contribution is 0.0869. The number of benzene rings is 1. The Morgan fingerprint density at radius 3 is 2.82 bits per heavy atom. The number of anilines is 1. The van der Waals surface area contributed by atoms with Crippen molar-refractivity contribution < 1.29 is 4.79 Å². The average Bonchev–Trinajstić information content (AvgIpc) is 2.28. The Labute approximate surface area is 111 Å². The Morgan fingerprint density at radius 1 is 1.41 bits per heavy atom. The van der Waals surface area contributed by atoms with Crippen molar-refractivity contribution in [1.29, 1.82) is 0 Å². The quantitative estimate of drug-likeness (QED) is 0.661. The fraction of sp³-hybridized carbons (Fsp3) is 0.500. The van der Waals surface area contributed by atoms with Gasteiger partial charge in [0, 0.05) is 21.6 Å². The Kier molecular flexibility index (Phi) is 3.87. The van der Waals surface area contributed by atoms with Gasteiger partial charge in [0.25, 0.3) is 0 Å². The van der Waals surface area contributed by atoms with E-state index in [-0.39, 0.29) is 11.7 Å². The topological polar surface area (TPSA) is 43.1 Å². The summed E-state index contributed by atoms with van der Waals surface area (Å²) in [5.74, 6) is 1.05. The first-order valence-electron chi connectivity index (χ1n) is 6.17. The number of rotatable bonds is 2. The molecule has 1 aromatic carbocycles. The molecule has 2 N–H and O–H groups in total. The molecule has 2 rings (SSSR count). The number of carbonyl (C=O) groups is 1. The minimum atomic E-state index is 0.169. The maximum atomic E-state index is 12.4. The number of Topliss-reactive ketones (excluding diaryl/α,β-unsaturated/α-hetero) is 1. The van der Waals surface area contributed by atoms with Crippen LogP contribution in [-0.4, -0.2) is 5.78 Å². The van der Waals surface area contributed by atoms with Gasteiger partial charge in [-0.3, -0.25) is 4.79 Å². The van der Waals surface area contributed by atoms with Crippen molar-refractivity contribution in [2.24, 2.45) is 11.8 Å². The van der Waals surface area contributed by atoms with Crippen LogP contribution in [0.5, 0.6) is 0 Å². The maximum Gasteiger partial charge on any atom is 0.168 e. The smallest absolute Gasteiger partial charge is 0.168 e. The molecule has 92 valence electrons. The van der Waals surface area contributed by atoms with Gasteiger partial charge in [0.1, 0.15) is 0 Å². The molecular formula is C14H18BrNO. The molecule has 1 fully saturated rings. The number of nitrogen functional groups attached to an aromatic ring is 1. The monoisotopic (exact) mass is 295 g/mol. The second kappa shape index (κ2) is 5.21. The van der Waals surface area contributed by atoms with Gasteiger partial charge in [-0.15, -0.1) is 0 Å². The van der Waals surface area contributed by atoms with E-state index in [0.29, 0.717) is 17.2 Å². The van der Waals surface area contributed by atoms with E-state index >= 15 is 0 Å². The Balaban J connectivity index is 2.18. The number of hydrogen-bond acceptors (Lipinski definition) is 2. The van der Waals surface area contributed by atoms with Gasteiger partial charge >= 0.3 is 0 Å². The highest BCUT2D eigenvalue weighted by Gasteiger charge is 2.26. The maximum absolute atomic E-state index is 12.4. The first-order valence-corrected chi connectivity index (χ1v) is 6.96. The van der Waals surface area contributed by atoms with Crippen molar-refractivity contribution in [3.05, 3.63) is 28.2 Å². The van der Waals surface area contributed by atoms with E-state index in [1.807, 2.05) is 12.1 Å². The van der Waals surface area contributed by atoms with Crippen molar-refractivity contribution in [2.45, 2.75) is 32.6 Å². The summed E-state index contributed by atoms with van der Waals surface area (Å²) in [5.41, 5.74) is 7.19. The molecule has 0 heterocycles. The fourth-order valence-corrected chi connectivity index (χ4v) is 3.03. The lowest BCUT2D eigenvalue weighted by Crippen LogP contribution is -2.22. The number of nitrogens with two attached hydrogens (primary N) is 1. The first-order chi connectivity index (χ1) is 8.08. The minimum absolute atomic E-state index is 0.169. The van der Waals surface area contributed by atoms with Crippen molar-refractivity contribution in [3.63, 3.8) is 0 Å². The zero-order valence-electron chi connectivity index (χ0n) is 10.1. The molecule has 0 amide bonds. The third-order valence-electron chi connectivity index (χ3n) is 3.59. The lowest BCUT2D eigenvalue weighted by atomic mass is 9.78. The van der Waals surface area contributed by atoms with Crippen molar-refractivity contribution in [3.8, 4) is 0 Å². The molecule has 2 nitrogen and oxygen atoms in total. The molecule has 1 saturated carbocycles. The van der Waals surface area contributed by atoms with E-state index in [1.54, 1.807) is 6.07 Å². The van der Waals surface area contributed by atoms with Crippen LogP contribution < -0.4 is 5.73 Å². The Hall–Kier alpha value is -0.830. The molecule has 1 aliphatic rings. The van der Waals surface area contributed by atoms with Gasteiger partial charge in [-0.2, -0.15) is 0 Å². The lowest BCUT2D eigenvalue weighted by Gasteiger charge is -2.26. The van der Waals surface area contributed by atoms with Crippen LogP contribution in [0, 0.1) is 11.8 Å². The molecule has 0 saturated heterocycles. The van der Waals surface area contributed by atoms with Crippen LogP contribution in [-0.2, 0) is 0 Å².